The highest BCUT2D eigenvalue weighted by atomic mass is 16.5. The highest BCUT2D eigenvalue weighted by Gasteiger charge is 2.23. The number of nitrogens with zero attached hydrogens (tertiary/aromatic N) is 8. The topological polar surface area (TPSA) is 108 Å². The van der Waals surface area contributed by atoms with Gasteiger partial charge in [0.25, 0.3) is 0 Å². The molecule has 356 valence electrons. The first-order chi connectivity index (χ1) is 34.7. The lowest BCUT2D eigenvalue weighted by molar-refractivity contribution is 0.0661. The van der Waals surface area contributed by atoms with Gasteiger partial charge in [-0.25, -0.2) is 0 Å². The Morgan fingerprint density at radius 2 is 0.486 bits per heavy atom. The highest BCUT2D eigenvalue weighted by molar-refractivity contribution is 6.05. The van der Waals surface area contributed by atoms with E-state index in [1.807, 2.05) is 24.8 Å². The summed E-state index contributed by atoms with van der Waals surface area (Å²) in [5.41, 5.74) is 15.8. The van der Waals surface area contributed by atoms with Crippen molar-refractivity contribution in [3.63, 3.8) is 0 Å². The van der Waals surface area contributed by atoms with Crippen LogP contribution in [-0.4, -0.2) is 92.0 Å². The summed E-state index contributed by atoms with van der Waals surface area (Å²) >= 11 is 0. The monoisotopic (exact) mass is 932 g/mol. The molecule has 0 atom stereocenters. The molecule has 12 heteroatoms. The van der Waals surface area contributed by atoms with Crippen LogP contribution in [-0.2, 0) is 18.9 Å². The van der Waals surface area contributed by atoms with Crippen LogP contribution in [0.1, 0.15) is 97.8 Å². The molecule has 0 spiro atoms. The Labute approximate surface area is 409 Å². The summed E-state index contributed by atoms with van der Waals surface area (Å²) in [6.07, 6.45) is 24.6. The summed E-state index contributed by atoms with van der Waals surface area (Å²) in [5.74, 6) is 0. The zero-order chi connectivity index (χ0) is 46.6. The Morgan fingerprint density at radius 1 is 0.286 bits per heavy atom. The molecule has 0 saturated carbocycles. The summed E-state index contributed by atoms with van der Waals surface area (Å²) in [6, 6.07) is 37.6. The molecule has 0 radical (unpaired) electrons. The first-order valence-corrected chi connectivity index (χ1v) is 25.3. The van der Waals surface area contributed by atoms with Gasteiger partial charge in [0.1, 0.15) is 0 Å². The summed E-state index contributed by atoms with van der Waals surface area (Å²) in [6.45, 7) is 6.23. The van der Waals surface area contributed by atoms with Crippen LogP contribution in [0.3, 0.4) is 0 Å². The molecule has 4 aromatic carbocycles. The van der Waals surface area contributed by atoms with Crippen molar-refractivity contribution in [3.8, 4) is 44.5 Å². The van der Waals surface area contributed by atoms with E-state index < -0.39 is 0 Å². The van der Waals surface area contributed by atoms with Crippen LogP contribution in [0.25, 0.3) is 55.7 Å². The molecule has 0 amide bonds. The van der Waals surface area contributed by atoms with E-state index in [9.17, 15) is 0 Å². The molecule has 4 aliphatic rings. The second kappa shape index (κ2) is 20.3. The Balaban J connectivity index is 0.953. The van der Waals surface area contributed by atoms with Gasteiger partial charge < -0.3 is 18.9 Å². The SMILES string of the molecule is c1cc(-c2cnn(C3CCOCC3)c2)ccc1C(=C(c1ccc(-c2cnn(C3CCOCC3)c2)cc1)c1ccc(-c2cnn(C3CCOCC3)c2)cc1)c1ccc(-c2cnn(C3CCOCC3)c2)cc1. The standard InChI is InChI=1S/C58H60N8O4/c1-9-45(10-2-41(1)49-33-59-63(37-49)53-17-25-67-26-18-53)57(46-11-3-42(4-12-46)50-34-60-64(38-50)54-19-27-68-28-20-54)58(47-13-5-43(6-14-47)51-35-61-65(39-51)55-21-29-69-30-22-55)48-15-7-44(8-16-48)52-36-62-66(40-52)56-23-31-70-32-24-56/h1-16,33-40,53-56H,17-32H2. The maximum Gasteiger partial charge on any atom is 0.0568 e. The second-order valence-electron chi connectivity index (χ2n) is 19.3. The highest BCUT2D eigenvalue weighted by Crippen LogP contribution is 2.40. The minimum absolute atomic E-state index is 0.363. The van der Waals surface area contributed by atoms with Gasteiger partial charge in [-0.05, 0) is 107 Å². The van der Waals surface area contributed by atoms with Crippen molar-refractivity contribution in [2.75, 3.05) is 52.9 Å². The summed E-state index contributed by atoms with van der Waals surface area (Å²) in [7, 11) is 0. The predicted molar refractivity (Wildman–Crippen MR) is 272 cm³/mol. The van der Waals surface area contributed by atoms with E-state index in [0.29, 0.717) is 24.2 Å². The lowest BCUT2D eigenvalue weighted by atomic mass is 9.84. The van der Waals surface area contributed by atoms with Crippen molar-refractivity contribution in [1.82, 2.24) is 39.1 Å². The molecule has 0 aliphatic carbocycles. The molecule has 0 N–H and O–H groups in total. The Hall–Kier alpha value is -6.70. The van der Waals surface area contributed by atoms with Gasteiger partial charge >= 0.3 is 0 Å². The minimum Gasteiger partial charge on any atom is -0.381 e. The van der Waals surface area contributed by atoms with Gasteiger partial charge in [0.15, 0.2) is 0 Å². The fourth-order valence-electron chi connectivity index (χ4n) is 10.8. The number of benzene rings is 4. The molecule has 4 saturated heterocycles. The van der Waals surface area contributed by atoms with Gasteiger partial charge in [-0.2, -0.15) is 20.4 Å². The van der Waals surface area contributed by atoms with Crippen LogP contribution in [0.5, 0.6) is 0 Å². The number of ether oxygens (including phenoxy) is 4. The van der Waals surface area contributed by atoms with E-state index in [4.69, 9.17) is 39.3 Å². The van der Waals surface area contributed by atoms with E-state index in [1.165, 1.54) is 0 Å². The van der Waals surface area contributed by atoms with Crippen molar-refractivity contribution in [2.24, 2.45) is 0 Å². The maximum absolute atomic E-state index is 5.65. The van der Waals surface area contributed by atoms with Crippen LogP contribution >= 0.6 is 0 Å². The first kappa shape index (κ1) is 44.5. The first-order valence-electron chi connectivity index (χ1n) is 25.3. The molecule has 12 rings (SSSR count). The molecule has 4 aromatic heterocycles. The quantitative estimate of drug-likeness (QED) is 0.111. The Bertz CT molecular complexity index is 2600. The Kier molecular flexibility index (Phi) is 12.9. The predicted octanol–water partition coefficient (Wildman–Crippen LogP) is 11.6. The second-order valence-corrected chi connectivity index (χ2v) is 19.3. The fraction of sp³-hybridized carbons (Fsp3) is 0.345. The fourth-order valence-corrected chi connectivity index (χ4v) is 10.8. The van der Waals surface area contributed by atoms with Gasteiger partial charge in [-0.1, -0.05) is 97.1 Å². The number of hydrogen-bond donors (Lipinski definition) is 0. The third-order valence-corrected chi connectivity index (χ3v) is 14.9. The molecule has 4 aliphatic heterocycles. The zero-order valence-electron chi connectivity index (χ0n) is 39.7. The number of rotatable bonds is 12. The normalized spacial score (nSPS) is 17.8. The molecular weight excluding hydrogens is 873 g/mol. The van der Waals surface area contributed by atoms with Crippen LogP contribution in [0, 0.1) is 0 Å². The van der Waals surface area contributed by atoms with Gasteiger partial charge in [0.05, 0.1) is 49.0 Å². The van der Waals surface area contributed by atoms with E-state index in [1.54, 1.807) is 0 Å². The smallest absolute Gasteiger partial charge is 0.0568 e. The lowest BCUT2D eigenvalue weighted by Crippen LogP contribution is -2.19. The third kappa shape index (κ3) is 9.48. The van der Waals surface area contributed by atoms with Gasteiger partial charge in [-0.3, -0.25) is 18.7 Å². The molecule has 4 fully saturated rings. The summed E-state index contributed by atoms with van der Waals surface area (Å²) < 4.78 is 31.1. The molecule has 0 bridgehead atoms. The van der Waals surface area contributed by atoms with Crippen molar-refractivity contribution < 1.29 is 18.9 Å². The van der Waals surface area contributed by atoms with E-state index in [0.717, 1.165) is 182 Å². The lowest BCUT2D eigenvalue weighted by Gasteiger charge is -2.22. The van der Waals surface area contributed by atoms with Crippen molar-refractivity contribution in [1.29, 1.82) is 0 Å². The summed E-state index contributed by atoms with van der Waals surface area (Å²) in [5, 5.41) is 19.3. The van der Waals surface area contributed by atoms with Gasteiger partial charge in [-0.15, -0.1) is 0 Å². The Morgan fingerprint density at radius 3 is 0.686 bits per heavy atom. The molecule has 0 unspecified atom stereocenters. The van der Waals surface area contributed by atoms with E-state index >= 15 is 0 Å². The molecular formula is C58H60N8O4. The molecule has 12 nitrogen and oxygen atoms in total. The van der Waals surface area contributed by atoms with Gasteiger partial charge in [0, 0.05) is 99.9 Å². The minimum atomic E-state index is 0.363. The van der Waals surface area contributed by atoms with Crippen molar-refractivity contribution >= 4 is 11.1 Å². The summed E-state index contributed by atoms with van der Waals surface area (Å²) in [4.78, 5) is 0. The molecule has 8 aromatic rings. The average molecular weight is 933 g/mol. The number of aromatic nitrogens is 8. The number of hydrogen-bond acceptors (Lipinski definition) is 8. The zero-order valence-corrected chi connectivity index (χ0v) is 39.7. The average Bonchev–Trinajstić information content (AvgIpc) is 4.31. The van der Waals surface area contributed by atoms with Crippen LogP contribution in [0.4, 0.5) is 0 Å². The largest absolute Gasteiger partial charge is 0.381 e. The third-order valence-electron chi connectivity index (χ3n) is 14.9. The van der Waals surface area contributed by atoms with Crippen molar-refractivity contribution in [3.05, 3.63) is 169 Å². The molecule has 70 heavy (non-hydrogen) atoms. The van der Waals surface area contributed by atoms with Crippen LogP contribution in [0.2, 0.25) is 0 Å². The van der Waals surface area contributed by atoms with Crippen molar-refractivity contribution in [2.45, 2.75) is 75.5 Å². The van der Waals surface area contributed by atoms with E-state index in [2.05, 4.69) is 141 Å². The maximum atomic E-state index is 5.65. The van der Waals surface area contributed by atoms with Gasteiger partial charge in [0.2, 0.25) is 0 Å². The molecule has 8 heterocycles. The van der Waals surface area contributed by atoms with Crippen LogP contribution < -0.4 is 0 Å². The van der Waals surface area contributed by atoms with E-state index in [-0.39, 0.29) is 0 Å². The van der Waals surface area contributed by atoms with Crippen LogP contribution in [0.15, 0.2) is 147 Å².